The molecule has 2 aliphatic carbocycles. The lowest BCUT2D eigenvalue weighted by Crippen LogP contribution is -2.54. The number of amides is 1. The Labute approximate surface area is 110 Å². The minimum atomic E-state index is -0.108. The van der Waals surface area contributed by atoms with Crippen LogP contribution >= 0.6 is 0 Å². The molecule has 0 aromatic heterocycles. The van der Waals surface area contributed by atoms with Crippen LogP contribution in [0.3, 0.4) is 0 Å². The summed E-state index contributed by atoms with van der Waals surface area (Å²) in [4.78, 5) is 14.4. The van der Waals surface area contributed by atoms with Gasteiger partial charge in [0.2, 0.25) is 5.91 Å². The number of aliphatic hydroxyl groups is 1. The lowest BCUT2D eigenvalue weighted by Gasteiger charge is -2.40. The van der Waals surface area contributed by atoms with Crippen molar-refractivity contribution in [3.63, 3.8) is 0 Å². The molecule has 4 nitrogen and oxygen atoms in total. The highest BCUT2D eigenvalue weighted by Gasteiger charge is 2.32. The van der Waals surface area contributed by atoms with Gasteiger partial charge in [-0.1, -0.05) is 19.3 Å². The van der Waals surface area contributed by atoms with Crippen LogP contribution in [0.1, 0.15) is 51.9 Å². The Kier molecular flexibility index (Phi) is 5.01. The highest BCUT2D eigenvalue weighted by atomic mass is 16.3. The third kappa shape index (κ3) is 3.23. The van der Waals surface area contributed by atoms with Crippen molar-refractivity contribution in [2.45, 2.75) is 70.0 Å². The van der Waals surface area contributed by atoms with E-state index in [9.17, 15) is 4.79 Å². The molecule has 0 radical (unpaired) electrons. The molecule has 2 N–H and O–H groups in total. The molecule has 18 heavy (non-hydrogen) atoms. The zero-order valence-corrected chi connectivity index (χ0v) is 11.4. The van der Waals surface area contributed by atoms with Crippen molar-refractivity contribution < 1.29 is 9.90 Å². The summed E-state index contributed by atoms with van der Waals surface area (Å²) in [6.45, 7) is 2.72. The van der Waals surface area contributed by atoms with E-state index in [-0.39, 0.29) is 18.6 Å². The lowest BCUT2D eigenvalue weighted by molar-refractivity contribution is -0.128. The van der Waals surface area contributed by atoms with E-state index in [4.69, 9.17) is 5.11 Å². The van der Waals surface area contributed by atoms with Gasteiger partial charge in [0.1, 0.15) is 0 Å². The number of hydrogen-bond acceptors (Lipinski definition) is 3. The molecule has 1 unspecified atom stereocenters. The first-order chi connectivity index (χ1) is 8.72. The van der Waals surface area contributed by atoms with Crippen LogP contribution in [0.5, 0.6) is 0 Å². The maximum absolute atomic E-state index is 12.2. The largest absolute Gasteiger partial charge is 0.395 e. The number of hydrogen-bond donors (Lipinski definition) is 2. The van der Waals surface area contributed by atoms with Crippen molar-refractivity contribution in [2.24, 2.45) is 0 Å². The number of rotatable bonds is 6. The molecular formula is C14H26N2O2. The molecule has 104 valence electrons. The summed E-state index contributed by atoms with van der Waals surface area (Å²) in [6.07, 6.45) is 8.32. The minimum Gasteiger partial charge on any atom is -0.395 e. The molecule has 2 fully saturated rings. The molecule has 0 aromatic carbocycles. The van der Waals surface area contributed by atoms with E-state index in [1.807, 2.05) is 6.92 Å². The fraction of sp³-hybridized carbons (Fsp3) is 0.929. The lowest BCUT2D eigenvalue weighted by atomic mass is 9.90. The van der Waals surface area contributed by atoms with Gasteiger partial charge in [0.05, 0.1) is 12.6 Å². The van der Waals surface area contributed by atoms with Crippen molar-refractivity contribution >= 4 is 5.91 Å². The summed E-state index contributed by atoms with van der Waals surface area (Å²) in [5.74, 6) is 0.141. The Balaban J connectivity index is 1.85. The molecule has 0 heterocycles. The van der Waals surface area contributed by atoms with E-state index in [0.29, 0.717) is 18.6 Å². The van der Waals surface area contributed by atoms with Crippen LogP contribution in [0.2, 0.25) is 0 Å². The van der Waals surface area contributed by atoms with Crippen molar-refractivity contribution in [1.82, 2.24) is 10.2 Å². The molecule has 0 saturated heterocycles. The Bertz CT molecular complexity index is 273. The summed E-state index contributed by atoms with van der Waals surface area (Å²) in [5.41, 5.74) is 0. The molecule has 0 spiro atoms. The molecule has 2 aliphatic rings. The van der Waals surface area contributed by atoms with Gasteiger partial charge in [-0.2, -0.15) is 0 Å². The summed E-state index contributed by atoms with van der Waals surface area (Å²) in [7, 11) is 0. The SMILES string of the molecule is CC(C(=O)NC1CCCC1)N(CCO)C1CCC1. The van der Waals surface area contributed by atoms with Gasteiger partial charge in [-0.05, 0) is 32.6 Å². The van der Waals surface area contributed by atoms with Gasteiger partial charge in [-0.15, -0.1) is 0 Å². The van der Waals surface area contributed by atoms with Crippen molar-refractivity contribution in [1.29, 1.82) is 0 Å². The summed E-state index contributed by atoms with van der Waals surface area (Å²) >= 11 is 0. The second-order valence-electron chi connectivity index (χ2n) is 5.71. The molecule has 0 aliphatic heterocycles. The summed E-state index contributed by atoms with van der Waals surface area (Å²) < 4.78 is 0. The predicted octanol–water partition coefficient (Wildman–Crippen LogP) is 1.28. The monoisotopic (exact) mass is 254 g/mol. The van der Waals surface area contributed by atoms with Crippen LogP contribution in [0.25, 0.3) is 0 Å². The molecule has 2 saturated carbocycles. The third-order valence-electron chi connectivity index (χ3n) is 4.48. The smallest absolute Gasteiger partial charge is 0.237 e. The van der Waals surface area contributed by atoms with Gasteiger partial charge in [-0.3, -0.25) is 9.69 Å². The van der Waals surface area contributed by atoms with Gasteiger partial charge < -0.3 is 10.4 Å². The first-order valence-corrected chi connectivity index (χ1v) is 7.39. The van der Waals surface area contributed by atoms with E-state index < -0.39 is 0 Å². The topological polar surface area (TPSA) is 52.6 Å². The third-order valence-corrected chi connectivity index (χ3v) is 4.48. The van der Waals surface area contributed by atoms with Gasteiger partial charge in [0.25, 0.3) is 0 Å². The quantitative estimate of drug-likeness (QED) is 0.751. The Morgan fingerprint density at radius 3 is 2.44 bits per heavy atom. The predicted molar refractivity (Wildman–Crippen MR) is 71.3 cm³/mol. The highest BCUT2D eigenvalue weighted by Crippen LogP contribution is 2.26. The second kappa shape index (κ2) is 6.53. The van der Waals surface area contributed by atoms with Crippen LogP contribution < -0.4 is 5.32 Å². The average Bonchev–Trinajstić information content (AvgIpc) is 2.77. The molecule has 1 amide bonds. The Hall–Kier alpha value is -0.610. The van der Waals surface area contributed by atoms with Crippen LogP contribution in [0, 0.1) is 0 Å². The molecule has 0 aromatic rings. The number of carbonyl (C=O) groups is 1. The second-order valence-corrected chi connectivity index (χ2v) is 5.71. The maximum atomic E-state index is 12.2. The zero-order chi connectivity index (χ0) is 13.0. The van der Waals surface area contributed by atoms with E-state index >= 15 is 0 Å². The van der Waals surface area contributed by atoms with E-state index in [0.717, 1.165) is 12.8 Å². The number of aliphatic hydroxyl groups excluding tert-OH is 1. The highest BCUT2D eigenvalue weighted by molar-refractivity contribution is 5.81. The van der Waals surface area contributed by atoms with Crippen molar-refractivity contribution in [2.75, 3.05) is 13.2 Å². The van der Waals surface area contributed by atoms with Gasteiger partial charge >= 0.3 is 0 Å². The number of nitrogens with one attached hydrogen (secondary N) is 1. The molecule has 2 rings (SSSR count). The average molecular weight is 254 g/mol. The Morgan fingerprint density at radius 2 is 1.94 bits per heavy atom. The molecule has 1 atom stereocenters. The fourth-order valence-electron chi connectivity index (χ4n) is 3.07. The maximum Gasteiger partial charge on any atom is 0.237 e. The van der Waals surface area contributed by atoms with Gasteiger partial charge in [0, 0.05) is 18.6 Å². The van der Waals surface area contributed by atoms with Crippen LogP contribution in [-0.4, -0.2) is 47.2 Å². The van der Waals surface area contributed by atoms with Crippen molar-refractivity contribution in [3.8, 4) is 0 Å². The van der Waals surface area contributed by atoms with E-state index in [1.54, 1.807) is 0 Å². The van der Waals surface area contributed by atoms with Crippen molar-refractivity contribution in [3.05, 3.63) is 0 Å². The molecule has 4 heteroatoms. The first kappa shape index (κ1) is 13.8. The Morgan fingerprint density at radius 1 is 1.28 bits per heavy atom. The van der Waals surface area contributed by atoms with Crippen LogP contribution in [0.4, 0.5) is 0 Å². The summed E-state index contributed by atoms with van der Waals surface area (Å²) in [5, 5.41) is 12.3. The van der Waals surface area contributed by atoms with Gasteiger partial charge in [-0.25, -0.2) is 0 Å². The first-order valence-electron chi connectivity index (χ1n) is 7.39. The van der Waals surface area contributed by atoms with Crippen LogP contribution in [-0.2, 0) is 4.79 Å². The molecular weight excluding hydrogens is 228 g/mol. The summed E-state index contributed by atoms with van der Waals surface area (Å²) in [6, 6.07) is 0.779. The molecule has 0 bridgehead atoms. The minimum absolute atomic E-state index is 0.108. The van der Waals surface area contributed by atoms with Gasteiger partial charge in [0.15, 0.2) is 0 Å². The van der Waals surface area contributed by atoms with E-state index in [1.165, 1.54) is 32.1 Å². The number of carbonyl (C=O) groups excluding carboxylic acids is 1. The van der Waals surface area contributed by atoms with Crippen LogP contribution in [0.15, 0.2) is 0 Å². The standard InChI is InChI=1S/C14H26N2O2/c1-11(14(18)15-12-5-2-3-6-12)16(9-10-17)13-7-4-8-13/h11-13,17H,2-10H2,1H3,(H,15,18). The number of nitrogens with zero attached hydrogens (tertiary/aromatic N) is 1. The van der Waals surface area contributed by atoms with E-state index in [2.05, 4.69) is 10.2 Å². The fourth-order valence-corrected chi connectivity index (χ4v) is 3.07. The normalized spacial score (nSPS) is 23.1. The zero-order valence-electron chi connectivity index (χ0n) is 11.4.